The number of nitrogens with two attached hydrogens (primary N) is 1. The van der Waals surface area contributed by atoms with Crippen LogP contribution in [0.15, 0.2) is 93.6 Å². The SMILES string of the molecule is [N-]=[N+]=NCC(N)=C(C=NCc1ccccc1C=N)NC(=O)C1=CC(c2cccs2)Nc2ccccc21. The monoisotopic (exact) mass is 496 g/mol. The van der Waals surface area contributed by atoms with Gasteiger partial charge in [0.15, 0.2) is 0 Å². The molecule has 3 aromatic rings. The molecule has 5 N–H and O–H groups in total. The number of hydrogen-bond acceptors (Lipinski definition) is 7. The number of carbonyl (C=O) groups is 1. The minimum absolute atomic E-state index is 0.121. The van der Waals surface area contributed by atoms with Crippen LogP contribution in [0.5, 0.6) is 0 Å². The highest BCUT2D eigenvalue weighted by Crippen LogP contribution is 2.36. The minimum atomic E-state index is -0.351. The van der Waals surface area contributed by atoms with Gasteiger partial charge in [-0.05, 0) is 40.2 Å². The van der Waals surface area contributed by atoms with E-state index < -0.39 is 0 Å². The topological polar surface area (TPSA) is 152 Å². The highest BCUT2D eigenvalue weighted by Gasteiger charge is 2.25. The van der Waals surface area contributed by atoms with Gasteiger partial charge in [-0.3, -0.25) is 9.79 Å². The van der Waals surface area contributed by atoms with Crippen LogP contribution in [0.4, 0.5) is 5.69 Å². The third kappa shape index (κ3) is 5.69. The maximum absolute atomic E-state index is 13.5. The number of fused-ring (bicyclic) bond motifs is 1. The molecule has 0 saturated carbocycles. The van der Waals surface area contributed by atoms with Gasteiger partial charge in [0.05, 0.1) is 24.8 Å². The van der Waals surface area contributed by atoms with Crippen LogP contribution in [0.3, 0.4) is 0 Å². The Labute approximate surface area is 212 Å². The van der Waals surface area contributed by atoms with Crippen LogP contribution in [0.1, 0.15) is 27.6 Å². The molecule has 2 heterocycles. The van der Waals surface area contributed by atoms with Gasteiger partial charge >= 0.3 is 0 Å². The Hall–Kier alpha value is -4.66. The first-order valence-electron chi connectivity index (χ1n) is 11.1. The number of anilines is 1. The van der Waals surface area contributed by atoms with Crippen molar-refractivity contribution in [3.8, 4) is 0 Å². The Morgan fingerprint density at radius 1 is 1.19 bits per heavy atom. The Morgan fingerprint density at radius 2 is 2.00 bits per heavy atom. The zero-order valence-electron chi connectivity index (χ0n) is 19.3. The van der Waals surface area contributed by atoms with Crippen molar-refractivity contribution in [1.29, 1.82) is 5.41 Å². The molecule has 0 spiro atoms. The van der Waals surface area contributed by atoms with Crippen molar-refractivity contribution in [2.24, 2.45) is 15.8 Å². The number of hydrogen-bond donors (Lipinski definition) is 4. The van der Waals surface area contributed by atoms with Gasteiger partial charge in [0, 0.05) is 44.7 Å². The van der Waals surface area contributed by atoms with E-state index in [2.05, 4.69) is 25.7 Å². The molecule has 36 heavy (non-hydrogen) atoms. The molecule has 4 rings (SSSR count). The van der Waals surface area contributed by atoms with E-state index in [-0.39, 0.29) is 36.4 Å². The molecule has 180 valence electrons. The molecule has 1 aliphatic rings. The van der Waals surface area contributed by atoms with E-state index in [9.17, 15) is 4.79 Å². The maximum Gasteiger partial charge on any atom is 0.256 e. The molecule has 10 heteroatoms. The van der Waals surface area contributed by atoms with Gasteiger partial charge in [-0.25, -0.2) is 0 Å². The summed E-state index contributed by atoms with van der Waals surface area (Å²) in [5, 5.41) is 19.4. The fraction of sp³-hybridized carbons (Fsp3) is 0.115. The smallest absolute Gasteiger partial charge is 0.256 e. The number of thiophene rings is 1. The number of nitrogens with one attached hydrogen (secondary N) is 3. The van der Waals surface area contributed by atoms with Crippen LogP contribution in [-0.2, 0) is 11.3 Å². The zero-order chi connectivity index (χ0) is 25.3. The summed E-state index contributed by atoms with van der Waals surface area (Å²) in [7, 11) is 0. The number of nitrogens with zero attached hydrogens (tertiary/aromatic N) is 4. The summed E-state index contributed by atoms with van der Waals surface area (Å²) in [5.74, 6) is -0.351. The quantitative estimate of drug-likeness (QED) is 0.140. The van der Waals surface area contributed by atoms with Gasteiger partial charge in [0.2, 0.25) is 0 Å². The van der Waals surface area contributed by atoms with Gasteiger partial charge in [0.25, 0.3) is 5.91 Å². The van der Waals surface area contributed by atoms with E-state index in [0.717, 1.165) is 27.3 Å². The van der Waals surface area contributed by atoms with Crippen molar-refractivity contribution in [3.05, 3.63) is 116 Å². The average molecular weight is 497 g/mol. The second kappa shape index (κ2) is 11.7. The Balaban J connectivity index is 1.63. The predicted octanol–water partition coefficient (Wildman–Crippen LogP) is 5.16. The largest absolute Gasteiger partial charge is 0.400 e. The normalized spacial score (nSPS) is 15.1. The van der Waals surface area contributed by atoms with Gasteiger partial charge in [-0.15, -0.1) is 11.3 Å². The molecule has 0 radical (unpaired) electrons. The lowest BCUT2D eigenvalue weighted by atomic mass is 9.95. The number of aliphatic imine (C=N–C) groups is 1. The van der Waals surface area contributed by atoms with Gasteiger partial charge in [-0.1, -0.05) is 53.6 Å². The Kier molecular flexibility index (Phi) is 7.92. The van der Waals surface area contributed by atoms with Gasteiger partial charge in [-0.2, -0.15) is 0 Å². The van der Waals surface area contributed by atoms with E-state index in [4.69, 9.17) is 16.7 Å². The third-order valence-corrected chi connectivity index (χ3v) is 6.50. The lowest BCUT2D eigenvalue weighted by Gasteiger charge is -2.25. The second-order valence-electron chi connectivity index (χ2n) is 7.86. The fourth-order valence-corrected chi connectivity index (χ4v) is 4.51. The molecular formula is C26H24N8OS. The highest BCUT2D eigenvalue weighted by molar-refractivity contribution is 7.10. The van der Waals surface area contributed by atoms with Crippen LogP contribution in [-0.4, -0.2) is 24.9 Å². The summed E-state index contributed by atoms with van der Waals surface area (Å²) in [6, 6.07) is 18.9. The Bertz CT molecular complexity index is 1400. The van der Waals surface area contributed by atoms with E-state index in [0.29, 0.717) is 5.57 Å². The van der Waals surface area contributed by atoms with E-state index in [1.165, 1.54) is 12.4 Å². The molecule has 9 nitrogen and oxygen atoms in total. The molecule has 1 unspecified atom stereocenters. The molecule has 1 atom stereocenters. The first-order chi connectivity index (χ1) is 17.6. The predicted molar refractivity (Wildman–Crippen MR) is 145 cm³/mol. The maximum atomic E-state index is 13.5. The Morgan fingerprint density at radius 3 is 2.78 bits per heavy atom. The number of benzene rings is 2. The molecule has 1 aliphatic heterocycles. The molecule has 0 saturated heterocycles. The van der Waals surface area contributed by atoms with Crippen molar-refractivity contribution in [2.45, 2.75) is 12.6 Å². The molecule has 2 aromatic carbocycles. The van der Waals surface area contributed by atoms with E-state index >= 15 is 0 Å². The summed E-state index contributed by atoms with van der Waals surface area (Å²) < 4.78 is 0. The second-order valence-corrected chi connectivity index (χ2v) is 8.84. The molecule has 0 fully saturated rings. The van der Waals surface area contributed by atoms with Gasteiger partial charge < -0.3 is 21.8 Å². The summed E-state index contributed by atoms with van der Waals surface area (Å²) >= 11 is 1.61. The lowest BCUT2D eigenvalue weighted by Crippen LogP contribution is -2.30. The van der Waals surface area contributed by atoms with E-state index in [1.54, 1.807) is 11.3 Å². The zero-order valence-corrected chi connectivity index (χ0v) is 20.1. The standard InChI is InChI=1S/C26H24N8OS/c27-13-17-6-1-2-7-18(17)14-30-16-24(21(28)15-31-34-29)33-26(35)20-12-23(25-10-5-11-36-25)32-22-9-4-3-8-19(20)22/h1-13,16,23,27,32H,14-15,28H2,(H,33,35). The van der Waals surface area contributed by atoms with Crippen LogP contribution in [0.25, 0.3) is 16.0 Å². The first-order valence-corrected chi connectivity index (χ1v) is 12.0. The summed E-state index contributed by atoms with van der Waals surface area (Å²) in [6.45, 7) is 0.167. The average Bonchev–Trinajstić information content (AvgIpc) is 3.46. The fourth-order valence-electron chi connectivity index (χ4n) is 3.76. The lowest BCUT2D eigenvalue weighted by molar-refractivity contribution is -0.114. The molecule has 1 amide bonds. The van der Waals surface area contributed by atoms with Crippen molar-refractivity contribution in [1.82, 2.24) is 5.32 Å². The van der Waals surface area contributed by atoms with Crippen molar-refractivity contribution >= 4 is 40.9 Å². The summed E-state index contributed by atoms with van der Waals surface area (Å²) in [6.07, 6.45) is 4.62. The molecular weight excluding hydrogens is 472 g/mol. The number of rotatable bonds is 9. The van der Waals surface area contributed by atoms with Crippen molar-refractivity contribution in [2.75, 3.05) is 11.9 Å². The number of carbonyl (C=O) groups excluding carboxylic acids is 1. The van der Waals surface area contributed by atoms with Gasteiger partial charge in [0.1, 0.15) is 0 Å². The minimum Gasteiger partial charge on any atom is -0.400 e. The molecule has 0 aliphatic carbocycles. The number of azide groups is 1. The third-order valence-electron chi connectivity index (χ3n) is 5.55. The highest BCUT2D eigenvalue weighted by atomic mass is 32.1. The van der Waals surface area contributed by atoms with Crippen LogP contribution in [0.2, 0.25) is 0 Å². The first kappa shape index (κ1) is 24.5. The van der Waals surface area contributed by atoms with Crippen LogP contribution >= 0.6 is 11.3 Å². The number of allylic oxidation sites excluding steroid dienone is 1. The summed E-state index contributed by atoms with van der Waals surface area (Å²) in [4.78, 5) is 21.8. The van der Waals surface area contributed by atoms with E-state index in [1.807, 2.05) is 72.1 Å². The number of para-hydroxylation sites is 1. The van der Waals surface area contributed by atoms with Crippen LogP contribution in [0, 0.1) is 5.41 Å². The molecule has 1 aromatic heterocycles. The van der Waals surface area contributed by atoms with Crippen molar-refractivity contribution < 1.29 is 4.79 Å². The number of amides is 1. The van der Waals surface area contributed by atoms with Crippen molar-refractivity contribution in [3.63, 3.8) is 0 Å². The van der Waals surface area contributed by atoms with Crippen LogP contribution < -0.4 is 16.4 Å². The molecule has 0 bridgehead atoms. The summed E-state index contributed by atoms with van der Waals surface area (Å²) in [5.41, 5.74) is 19.0.